The van der Waals surface area contributed by atoms with E-state index in [1.165, 1.54) is 6.92 Å². The highest BCUT2D eigenvalue weighted by Crippen LogP contribution is 2.18. The normalized spacial score (nSPS) is 10.8. The fraction of sp³-hybridized carbons (Fsp3) is 0.143. The highest BCUT2D eigenvalue weighted by molar-refractivity contribution is 9.10. The number of halogens is 1. The third-order valence-corrected chi connectivity index (χ3v) is 3.64. The number of nitrogens with zero attached hydrogens (tertiary/aromatic N) is 3. The first-order valence-corrected chi connectivity index (χ1v) is 7.31. The van der Waals surface area contributed by atoms with Crippen molar-refractivity contribution in [2.24, 2.45) is 0 Å². The number of aromatic amines is 1. The predicted molar refractivity (Wildman–Crippen MR) is 85.7 cm³/mol. The maximum atomic E-state index is 12.1. The second-order valence-electron chi connectivity index (χ2n) is 4.72. The number of hydrogen-bond donors (Lipinski definition) is 2. The van der Waals surface area contributed by atoms with E-state index in [4.69, 9.17) is 0 Å². The van der Waals surface area contributed by atoms with E-state index in [2.05, 4.69) is 36.2 Å². The van der Waals surface area contributed by atoms with E-state index in [1.54, 1.807) is 4.57 Å². The summed E-state index contributed by atoms with van der Waals surface area (Å²) in [5, 5.41) is 2.48. The number of anilines is 1. The van der Waals surface area contributed by atoms with Gasteiger partial charge >= 0.3 is 0 Å². The molecule has 1 amide bonds. The van der Waals surface area contributed by atoms with E-state index >= 15 is 0 Å². The third-order valence-electron chi connectivity index (χ3n) is 3.04. The molecule has 0 fully saturated rings. The lowest BCUT2D eigenvalue weighted by molar-refractivity contribution is -0.114. The molecular formula is C14H12BrN5O2. The van der Waals surface area contributed by atoms with E-state index in [9.17, 15) is 9.59 Å². The second kappa shape index (κ2) is 5.72. The van der Waals surface area contributed by atoms with Crippen LogP contribution < -0.4 is 10.9 Å². The zero-order chi connectivity index (χ0) is 15.7. The molecule has 0 spiro atoms. The summed E-state index contributed by atoms with van der Waals surface area (Å²) in [6.07, 6.45) is 0. The van der Waals surface area contributed by atoms with Gasteiger partial charge in [0, 0.05) is 6.92 Å². The summed E-state index contributed by atoms with van der Waals surface area (Å²) in [5.41, 5.74) is 1.27. The van der Waals surface area contributed by atoms with Crippen molar-refractivity contribution in [1.82, 2.24) is 19.5 Å². The topological polar surface area (TPSA) is 92.7 Å². The lowest BCUT2D eigenvalue weighted by Gasteiger charge is -2.06. The predicted octanol–water partition coefficient (Wildman–Crippen LogP) is 1.89. The van der Waals surface area contributed by atoms with Crippen molar-refractivity contribution in [1.29, 1.82) is 0 Å². The molecule has 0 bridgehead atoms. The zero-order valence-electron chi connectivity index (χ0n) is 11.6. The van der Waals surface area contributed by atoms with Crippen molar-refractivity contribution in [2.75, 3.05) is 5.32 Å². The van der Waals surface area contributed by atoms with Crippen LogP contribution in [0.4, 0.5) is 5.95 Å². The average molecular weight is 362 g/mol. The molecule has 8 heteroatoms. The number of carbonyl (C=O) groups is 1. The van der Waals surface area contributed by atoms with Gasteiger partial charge in [0.15, 0.2) is 15.9 Å². The first-order chi connectivity index (χ1) is 10.5. The van der Waals surface area contributed by atoms with E-state index in [0.29, 0.717) is 16.9 Å². The molecule has 22 heavy (non-hydrogen) atoms. The maximum Gasteiger partial charge on any atom is 0.280 e. The summed E-state index contributed by atoms with van der Waals surface area (Å²) in [4.78, 5) is 34.1. The largest absolute Gasteiger partial charge is 0.298 e. The summed E-state index contributed by atoms with van der Waals surface area (Å²) in [7, 11) is 0. The number of aromatic nitrogens is 4. The zero-order valence-corrected chi connectivity index (χ0v) is 13.2. The van der Waals surface area contributed by atoms with Crippen molar-refractivity contribution in [2.45, 2.75) is 13.5 Å². The molecule has 0 radical (unpaired) electrons. The first kappa shape index (κ1) is 14.5. The number of hydrogen-bond acceptors (Lipinski definition) is 4. The fourth-order valence-corrected chi connectivity index (χ4v) is 2.59. The molecule has 112 valence electrons. The Morgan fingerprint density at radius 2 is 2.05 bits per heavy atom. The van der Waals surface area contributed by atoms with Crippen LogP contribution in [-0.2, 0) is 11.3 Å². The van der Waals surface area contributed by atoms with Crippen molar-refractivity contribution < 1.29 is 4.79 Å². The van der Waals surface area contributed by atoms with Gasteiger partial charge in [0.1, 0.15) is 0 Å². The molecule has 0 atom stereocenters. The van der Waals surface area contributed by atoms with Crippen LogP contribution in [0, 0.1) is 0 Å². The fourth-order valence-electron chi connectivity index (χ4n) is 2.12. The summed E-state index contributed by atoms with van der Waals surface area (Å²) < 4.78 is 2.27. The van der Waals surface area contributed by atoms with Gasteiger partial charge in [0.2, 0.25) is 11.9 Å². The maximum absolute atomic E-state index is 12.1. The number of benzene rings is 1. The summed E-state index contributed by atoms with van der Waals surface area (Å²) in [6, 6.07) is 9.75. The minimum atomic E-state index is -0.402. The molecule has 0 aliphatic carbocycles. The van der Waals surface area contributed by atoms with Crippen LogP contribution in [0.1, 0.15) is 12.5 Å². The molecule has 3 rings (SSSR count). The monoisotopic (exact) mass is 361 g/mol. The van der Waals surface area contributed by atoms with Gasteiger partial charge in [-0.3, -0.25) is 24.5 Å². The van der Waals surface area contributed by atoms with Gasteiger partial charge < -0.3 is 0 Å². The SMILES string of the molecule is CC(=O)Nc1nc2c(nc(Br)n2Cc2ccccc2)c(=O)[nH]1. The van der Waals surface area contributed by atoms with Gasteiger partial charge in [-0.15, -0.1) is 0 Å². The van der Waals surface area contributed by atoms with Gasteiger partial charge in [-0.05, 0) is 21.5 Å². The average Bonchev–Trinajstić information content (AvgIpc) is 2.77. The van der Waals surface area contributed by atoms with E-state index < -0.39 is 5.56 Å². The minimum absolute atomic E-state index is 0.103. The number of carbonyl (C=O) groups excluding carboxylic acids is 1. The van der Waals surface area contributed by atoms with Crippen LogP contribution in [0.2, 0.25) is 0 Å². The Balaban J connectivity index is 2.13. The van der Waals surface area contributed by atoms with Crippen LogP contribution in [0.3, 0.4) is 0 Å². The Morgan fingerprint density at radius 3 is 2.73 bits per heavy atom. The Hall–Kier alpha value is -2.48. The van der Waals surface area contributed by atoms with Crippen LogP contribution in [-0.4, -0.2) is 25.4 Å². The van der Waals surface area contributed by atoms with E-state index in [0.717, 1.165) is 5.56 Å². The smallest absolute Gasteiger partial charge is 0.280 e. The van der Waals surface area contributed by atoms with Gasteiger partial charge in [-0.25, -0.2) is 4.98 Å². The van der Waals surface area contributed by atoms with Gasteiger partial charge in [-0.1, -0.05) is 30.3 Å². The Kier molecular flexibility index (Phi) is 3.76. The van der Waals surface area contributed by atoms with Gasteiger partial charge in [-0.2, -0.15) is 4.98 Å². The van der Waals surface area contributed by atoms with Crippen molar-refractivity contribution in [3.05, 3.63) is 51.0 Å². The molecule has 0 aliphatic rings. The quantitative estimate of drug-likeness (QED) is 0.696. The molecule has 1 aromatic carbocycles. The van der Waals surface area contributed by atoms with Crippen molar-refractivity contribution in [3.63, 3.8) is 0 Å². The molecular weight excluding hydrogens is 350 g/mol. The number of rotatable bonds is 3. The molecule has 2 N–H and O–H groups in total. The molecule has 3 aromatic rings. The molecule has 0 unspecified atom stereocenters. The lowest BCUT2D eigenvalue weighted by Crippen LogP contribution is -2.16. The molecule has 7 nitrogen and oxygen atoms in total. The summed E-state index contributed by atoms with van der Waals surface area (Å²) in [5.74, 6) is -0.206. The lowest BCUT2D eigenvalue weighted by atomic mass is 10.2. The highest BCUT2D eigenvalue weighted by Gasteiger charge is 2.15. The highest BCUT2D eigenvalue weighted by atomic mass is 79.9. The number of imidazole rings is 1. The van der Waals surface area contributed by atoms with Crippen molar-refractivity contribution >= 4 is 38.9 Å². The summed E-state index contributed by atoms with van der Waals surface area (Å²) in [6.45, 7) is 1.86. The standard InChI is InChI=1S/C14H12BrN5O2/c1-8(21)16-14-18-11-10(12(22)19-14)17-13(15)20(11)7-9-5-3-2-4-6-9/h2-6H,7H2,1H3,(H2,16,18,19,21,22). The van der Waals surface area contributed by atoms with Gasteiger partial charge in [0.25, 0.3) is 5.56 Å². The van der Waals surface area contributed by atoms with Crippen molar-refractivity contribution in [3.8, 4) is 0 Å². The van der Waals surface area contributed by atoms with Gasteiger partial charge in [0.05, 0.1) is 6.54 Å². The third kappa shape index (κ3) is 2.77. The molecule has 0 aliphatic heterocycles. The van der Waals surface area contributed by atoms with Crippen LogP contribution in [0.5, 0.6) is 0 Å². The summed E-state index contributed by atoms with van der Waals surface area (Å²) >= 11 is 3.35. The second-order valence-corrected chi connectivity index (χ2v) is 5.43. The van der Waals surface area contributed by atoms with Crippen LogP contribution in [0.15, 0.2) is 39.9 Å². The Bertz CT molecular complexity index is 901. The molecule has 2 aromatic heterocycles. The first-order valence-electron chi connectivity index (χ1n) is 6.52. The molecule has 0 saturated carbocycles. The van der Waals surface area contributed by atoms with E-state index in [-0.39, 0.29) is 17.4 Å². The number of amides is 1. The molecule has 0 saturated heterocycles. The number of fused-ring (bicyclic) bond motifs is 1. The molecule has 2 heterocycles. The number of nitrogens with one attached hydrogen (secondary N) is 2. The van der Waals surface area contributed by atoms with Crippen LogP contribution in [0.25, 0.3) is 11.2 Å². The minimum Gasteiger partial charge on any atom is -0.298 e. The van der Waals surface area contributed by atoms with Crippen LogP contribution >= 0.6 is 15.9 Å². The number of H-pyrrole nitrogens is 1. The Morgan fingerprint density at radius 1 is 1.32 bits per heavy atom. The Labute approximate surface area is 133 Å². The van der Waals surface area contributed by atoms with E-state index in [1.807, 2.05) is 30.3 Å².